The van der Waals surface area contributed by atoms with E-state index in [0.29, 0.717) is 17.8 Å². The highest BCUT2D eigenvalue weighted by Crippen LogP contribution is 2.37. The second-order valence-electron chi connectivity index (χ2n) is 5.58. The van der Waals surface area contributed by atoms with Gasteiger partial charge >= 0.3 is 0 Å². The van der Waals surface area contributed by atoms with Crippen molar-refractivity contribution in [1.82, 2.24) is 0 Å². The van der Waals surface area contributed by atoms with Gasteiger partial charge in [0.15, 0.2) is 0 Å². The minimum atomic E-state index is -0.318. The average molecular weight is 264 g/mol. The summed E-state index contributed by atoms with van der Waals surface area (Å²) in [5.41, 5.74) is 1.40. The molecule has 104 valence electrons. The van der Waals surface area contributed by atoms with E-state index in [-0.39, 0.29) is 5.82 Å². The molecule has 0 N–H and O–H groups in total. The molecule has 0 amide bonds. The zero-order chi connectivity index (χ0) is 13.7. The maximum Gasteiger partial charge on any atom is 0.130 e. The van der Waals surface area contributed by atoms with E-state index in [9.17, 15) is 8.78 Å². The molecule has 0 radical (unpaired) electrons. The molecule has 0 spiro atoms. The summed E-state index contributed by atoms with van der Waals surface area (Å²) in [5, 5.41) is 0. The Kier molecular flexibility index (Phi) is 5.12. The van der Waals surface area contributed by atoms with Crippen LogP contribution >= 0.6 is 0 Å². The van der Waals surface area contributed by atoms with Crippen LogP contribution in [0.5, 0.6) is 0 Å². The van der Waals surface area contributed by atoms with Gasteiger partial charge in [-0.3, -0.25) is 0 Å². The van der Waals surface area contributed by atoms with Crippen LogP contribution < -0.4 is 0 Å². The molecule has 2 heteroatoms. The number of halogens is 2. The molecule has 1 fully saturated rings. The van der Waals surface area contributed by atoms with Crippen LogP contribution in [-0.2, 0) is 0 Å². The standard InChI is InChI=1S/C17H22F2/c1-2-3-13-4-6-14(7-5-13)16-9-8-15(10-11-18)17(19)12-16/h8-14H,2-7H2,1H3/t13-,14-. The first-order valence-electron chi connectivity index (χ1n) is 7.30. The Morgan fingerprint density at radius 1 is 1.21 bits per heavy atom. The Morgan fingerprint density at radius 3 is 2.53 bits per heavy atom. The van der Waals surface area contributed by atoms with Crippen molar-refractivity contribution in [2.45, 2.75) is 51.4 Å². The summed E-state index contributed by atoms with van der Waals surface area (Å²) in [6.45, 7) is 2.23. The SMILES string of the molecule is CCC[C@H]1CC[C@H](c2ccc(C=CF)c(F)c2)CC1. The Bertz CT molecular complexity index is 429. The van der Waals surface area contributed by atoms with Crippen LogP contribution in [0.2, 0.25) is 0 Å². The minimum absolute atomic E-state index is 0.318. The first-order chi connectivity index (χ1) is 9.24. The van der Waals surface area contributed by atoms with Gasteiger partial charge in [0.05, 0.1) is 6.33 Å². The molecule has 0 unspecified atom stereocenters. The molecule has 1 saturated carbocycles. The first-order valence-corrected chi connectivity index (χ1v) is 7.30. The van der Waals surface area contributed by atoms with Crippen molar-refractivity contribution in [1.29, 1.82) is 0 Å². The molecule has 2 rings (SSSR count). The highest BCUT2D eigenvalue weighted by atomic mass is 19.1. The van der Waals surface area contributed by atoms with Crippen LogP contribution in [0.3, 0.4) is 0 Å². The highest BCUT2D eigenvalue weighted by molar-refractivity contribution is 5.49. The summed E-state index contributed by atoms with van der Waals surface area (Å²) in [4.78, 5) is 0. The van der Waals surface area contributed by atoms with Gasteiger partial charge in [-0.2, -0.15) is 0 Å². The molecule has 0 saturated heterocycles. The Balaban J connectivity index is 2.01. The van der Waals surface area contributed by atoms with Crippen molar-refractivity contribution < 1.29 is 8.78 Å². The number of benzene rings is 1. The second-order valence-corrected chi connectivity index (χ2v) is 5.58. The quantitative estimate of drug-likeness (QED) is 0.641. The molecule has 1 aromatic rings. The maximum atomic E-state index is 13.8. The Labute approximate surface area is 114 Å². The fourth-order valence-corrected chi connectivity index (χ4v) is 3.19. The smallest absolute Gasteiger partial charge is 0.130 e. The van der Waals surface area contributed by atoms with Crippen molar-refractivity contribution >= 4 is 6.08 Å². The van der Waals surface area contributed by atoms with Crippen molar-refractivity contribution in [3.05, 3.63) is 41.5 Å². The summed E-state index contributed by atoms with van der Waals surface area (Å²) in [6, 6.07) is 5.21. The topological polar surface area (TPSA) is 0 Å². The average Bonchev–Trinajstić information content (AvgIpc) is 2.43. The van der Waals surface area contributed by atoms with Gasteiger partial charge < -0.3 is 0 Å². The van der Waals surface area contributed by atoms with E-state index in [4.69, 9.17) is 0 Å². The van der Waals surface area contributed by atoms with Gasteiger partial charge in [-0.1, -0.05) is 31.9 Å². The van der Waals surface area contributed by atoms with Gasteiger partial charge in [-0.05, 0) is 55.2 Å². The molecule has 1 aliphatic carbocycles. The fourth-order valence-electron chi connectivity index (χ4n) is 3.19. The molecule has 0 aromatic heterocycles. The largest absolute Gasteiger partial charge is 0.216 e. The molecule has 0 nitrogen and oxygen atoms in total. The lowest BCUT2D eigenvalue weighted by atomic mass is 9.77. The third kappa shape index (κ3) is 3.65. The summed E-state index contributed by atoms with van der Waals surface area (Å²) >= 11 is 0. The molecule has 19 heavy (non-hydrogen) atoms. The first kappa shape index (κ1) is 14.2. The van der Waals surface area contributed by atoms with Crippen LogP contribution in [-0.4, -0.2) is 0 Å². The van der Waals surface area contributed by atoms with E-state index < -0.39 is 0 Å². The Morgan fingerprint density at radius 2 is 1.95 bits per heavy atom. The number of rotatable bonds is 4. The van der Waals surface area contributed by atoms with Gasteiger partial charge in [0.25, 0.3) is 0 Å². The van der Waals surface area contributed by atoms with Crippen LogP contribution in [0.25, 0.3) is 6.08 Å². The van der Waals surface area contributed by atoms with E-state index in [2.05, 4.69) is 6.92 Å². The molecule has 0 heterocycles. The van der Waals surface area contributed by atoms with Crippen molar-refractivity contribution in [3.63, 3.8) is 0 Å². The predicted octanol–water partition coefficient (Wildman–Crippen LogP) is 5.84. The zero-order valence-corrected chi connectivity index (χ0v) is 11.5. The number of hydrogen-bond donors (Lipinski definition) is 0. The van der Waals surface area contributed by atoms with Gasteiger partial charge in [0.1, 0.15) is 5.82 Å². The predicted molar refractivity (Wildman–Crippen MR) is 76.1 cm³/mol. The summed E-state index contributed by atoms with van der Waals surface area (Å²) in [5.74, 6) is 1.02. The van der Waals surface area contributed by atoms with Gasteiger partial charge in [0.2, 0.25) is 0 Å². The highest BCUT2D eigenvalue weighted by Gasteiger charge is 2.22. The van der Waals surface area contributed by atoms with E-state index in [1.807, 2.05) is 6.07 Å². The fraction of sp³-hybridized carbons (Fsp3) is 0.529. The molecule has 1 aromatic carbocycles. The normalized spacial score (nSPS) is 23.9. The van der Waals surface area contributed by atoms with Crippen LogP contribution in [0.4, 0.5) is 8.78 Å². The van der Waals surface area contributed by atoms with Gasteiger partial charge in [0, 0.05) is 5.56 Å². The lowest BCUT2D eigenvalue weighted by Crippen LogP contribution is -2.13. The van der Waals surface area contributed by atoms with Crippen LogP contribution in [0.1, 0.15) is 62.5 Å². The van der Waals surface area contributed by atoms with Crippen molar-refractivity contribution in [2.75, 3.05) is 0 Å². The summed E-state index contributed by atoms with van der Waals surface area (Å²) < 4.78 is 25.9. The monoisotopic (exact) mass is 264 g/mol. The molecule has 0 aliphatic heterocycles. The van der Waals surface area contributed by atoms with Gasteiger partial charge in [-0.15, -0.1) is 0 Å². The minimum Gasteiger partial charge on any atom is -0.216 e. The third-order valence-electron chi connectivity index (χ3n) is 4.28. The van der Waals surface area contributed by atoms with E-state index in [0.717, 1.165) is 30.4 Å². The third-order valence-corrected chi connectivity index (χ3v) is 4.28. The molecule has 0 bridgehead atoms. The zero-order valence-electron chi connectivity index (χ0n) is 11.5. The lowest BCUT2D eigenvalue weighted by Gasteiger charge is -2.28. The molecule has 1 aliphatic rings. The van der Waals surface area contributed by atoms with Crippen molar-refractivity contribution in [3.8, 4) is 0 Å². The molecular weight excluding hydrogens is 242 g/mol. The summed E-state index contributed by atoms with van der Waals surface area (Å²) in [7, 11) is 0. The summed E-state index contributed by atoms with van der Waals surface area (Å²) in [6.07, 6.45) is 8.95. The van der Waals surface area contributed by atoms with Crippen LogP contribution in [0.15, 0.2) is 24.5 Å². The van der Waals surface area contributed by atoms with E-state index in [1.165, 1.54) is 25.7 Å². The molecular formula is C17H22F2. The Hall–Kier alpha value is -1.18. The van der Waals surface area contributed by atoms with E-state index >= 15 is 0 Å². The maximum absolute atomic E-state index is 13.8. The van der Waals surface area contributed by atoms with Crippen molar-refractivity contribution in [2.24, 2.45) is 5.92 Å². The number of hydrogen-bond acceptors (Lipinski definition) is 0. The molecule has 0 atom stereocenters. The van der Waals surface area contributed by atoms with E-state index in [1.54, 1.807) is 12.1 Å². The lowest BCUT2D eigenvalue weighted by molar-refractivity contribution is 0.308. The van der Waals surface area contributed by atoms with Crippen LogP contribution in [0, 0.1) is 11.7 Å². The second kappa shape index (κ2) is 6.83. The van der Waals surface area contributed by atoms with Gasteiger partial charge in [-0.25, -0.2) is 8.78 Å².